The number of likely N-dealkylation sites (tertiary alicyclic amines) is 1. The Morgan fingerprint density at radius 2 is 2.04 bits per heavy atom. The van der Waals surface area contributed by atoms with Crippen LogP contribution >= 0.6 is 0 Å². The van der Waals surface area contributed by atoms with Crippen molar-refractivity contribution in [2.45, 2.75) is 44.6 Å². The number of benzene rings is 1. The van der Waals surface area contributed by atoms with Crippen molar-refractivity contribution in [3.63, 3.8) is 0 Å². The first kappa shape index (κ1) is 17.7. The Bertz CT molecular complexity index is 528. The number of halogens is 3. The fourth-order valence-corrected chi connectivity index (χ4v) is 2.73. The van der Waals surface area contributed by atoms with Crippen LogP contribution in [0.15, 0.2) is 24.3 Å². The molecule has 3 N–H and O–H groups in total. The third kappa shape index (κ3) is 5.51. The Balaban J connectivity index is 1.82. The molecule has 1 aromatic carbocycles. The van der Waals surface area contributed by atoms with E-state index in [0.29, 0.717) is 19.5 Å². The lowest BCUT2D eigenvalue weighted by atomic mass is 10.1. The summed E-state index contributed by atoms with van der Waals surface area (Å²) in [6.45, 7) is 3.87. The number of hydrogen-bond acceptors (Lipinski definition) is 3. The van der Waals surface area contributed by atoms with Gasteiger partial charge in [0.05, 0.1) is 5.56 Å². The molecule has 0 spiro atoms. The van der Waals surface area contributed by atoms with E-state index in [4.69, 9.17) is 5.73 Å². The van der Waals surface area contributed by atoms with Crippen LogP contribution in [0.2, 0.25) is 0 Å². The molecule has 2 rings (SSSR count). The zero-order valence-electron chi connectivity index (χ0n) is 13.1. The topological polar surface area (TPSA) is 58.4 Å². The average molecular weight is 329 g/mol. The van der Waals surface area contributed by atoms with Gasteiger partial charge in [-0.25, -0.2) is 0 Å². The fourth-order valence-electron chi connectivity index (χ4n) is 2.73. The van der Waals surface area contributed by atoms with Crippen molar-refractivity contribution in [2.75, 3.05) is 13.1 Å². The van der Waals surface area contributed by atoms with Crippen molar-refractivity contribution < 1.29 is 18.0 Å². The summed E-state index contributed by atoms with van der Waals surface area (Å²) >= 11 is 0. The lowest BCUT2D eigenvalue weighted by molar-refractivity contribution is -0.137. The molecule has 0 radical (unpaired) electrons. The van der Waals surface area contributed by atoms with Gasteiger partial charge in [0.15, 0.2) is 0 Å². The van der Waals surface area contributed by atoms with Crippen molar-refractivity contribution in [2.24, 2.45) is 5.73 Å². The Morgan fingerprint density at radius 3 is 2.61 bits per heavy atom. The first-order chi connectivity index (χ1) is 10.7. The summed E-state index contributed by atoms with van der Waals surface area (Å²) in [6, 6.07) is 5.13. The number of amides is 1. The van der Waals surface area contributed by atoms with Gasteiger partial charge in [-0.1, -0.05) is 12.1 Å². The molecule has 2 unspecified atom stereocenters. The van der Waals surface area contributed by atoms with Crippen LogP contribution in [0.1, 0.15) is 30.9 Å². The third-order valence-corrected chi connectivity index (χ3v) is 3.83. The number of nitrogens with zero attached hydrogens (tertiary/aromatic N) is 1. The van der Waals surface area contributed by atoms with Gasteiger partial charge in [-0.05, 0) is 31.0 Å². The number of nitrogens with two attached hydrogens (primary N) is 1. The van der Waals surface area contributed by atoms with E-state index in [1.807, 2.05) is 0 Å². The summed E-state index contributed by atoms with van der Waals surface area (Å²) in [5.41, 5.74) is 5.79. The molecule has 1 aliphatic rings. The third-order valence-electron chi connectivity index (χ3n) is 3.83. The molecule has 1 fully saturated rings. The lowest BCUT2D eigenvalue weighted by Gasteiger charge is -2.17. The second-order valence-electron chi connectivity index (χ2n) is 6.16. The van der Waals surface area contributed by atoms with Gasteiger partial charge in [-0.3, -0.25) is 9.69 Å². The number of carbonyl (C=O) groups is 1. The van der Waals surface area contributed by atoms with E-state index >= 15 is 0 Å². The van der Waals surface area contributed by atoms with E-state index in [1.165, 1.54) is 12.1 Å². The van der Waals surface area contributed by atoms with Gasteiger partial charge in [-0.2, -0.15) is 13.2 Å². The smallest absolute Gasteiger partial charge is 0.352 e. The largest absolute Gasteiger partial charge is 0.416 e. The van der Waals surface area contributed by atoms with Gasteiger partial charge < -0.3 is 11.1 Å². The quantitative estimate of drug-likeness (QED) is 0.870. The maximum Gasteiger partial charge on any atom is 0.416 e. The predicted octanol–water partition coefficient (Wildman–Crippen LogP) is 2.13. The molecule has 1 aromatic rings. The molecule has 0 saturated carbocycles. The van der Waals surface area contributed by atoms with Crippen molar-refractivity contribution in [3.8, 4) is 0 Å². The van der Waals surface area contributed by atoms with Crippen LogP contribution in [0.5, 0.6) is 0 Å². The molecular formula is C16H22F3N3O. The monoisotopic (exact) mass is 329 g/mol. The zero-order chi connectivity index (χ0) is 17.0. The molecule has 23 heavy (non-hydrogen) atoms. The molecule has 7 heteroatoms. The van der Waals surface area contributed by atoms with Crippen LogP contribution in [0.25, 0.3) is 0 Å². The van der Waals surface area contributed by atoms with Crippen molar-refractivity contribution >= 4 is 5.91 Å². The normalized spacial score (nSPS) is 20.5. The molecule has 1 saturated heterocycles. The summed E-state index contributed by atoms with van der Waals surface area (Å²) < 4.78 is 37.6. The van der Waals surface area contributed by atoms with Crippen LogP contribution in [-0.2, 0) is 17.5 Å². The highest BCUT2D eigenvalue weighted by Gasteiger charge is 2.30. The highest BCUT2D eigenvalue weighted by atomic mass is 19.4. The molecule has 0 aliphatic carbocycles. The second-order valence-corrected chi connectivity index (χ2v) is 6.16. The number of hydrogen-bond donors (Lipinski definition) is 2. The molecule has 0 aromatic heterocycles. The highest BCUT2D eigenvalue weighted by Crippen LogP contribution is 2.29. The van der Waals surface area contributed by atoms with E-state index in [2.05, 4.69) is 10.2 Å². The van der Waals surface area contributed by atoms with Gasteiger partial charge in [0, 0.05) is 38.1 Å². The Morgan fingerprint density at radius 1 is 1.39 bits per heavy atom. The minimum absolute atomic E-state index is 0.0543. The Hall–Kier alpha value is -1.60. The standard InChI is InChI=1S/C16H22F3N3O/c1-11(20)8-15(23)21-14-6-7-22(10-14)9-12-2-4-13(5-3-12)16(17,18)19/h2-5,11,14H,6-10,20H2,1H3,(H,21,23). The minimum Gasteiger partial charge on any atom is -0.352 e. The molecule has 1 amide bonds. The first-order valence-electron chi connectivity index (χ1n) is 7.67. The van der Waals surface area contributed by atoms with Gasteiger partial charge in [-0.15, -0.1) is 0 Å². The summed E-state index contributed by atoms with van der Waals surface area (Å²) in [5.74, 6) is -0.0543. The number of carbonyl (C=O) groups excluding carboxylic acids is 1. The molecule has 4 nitrogen and oxygen atoms in total. The van der Waals surface area contributed by atoms with Gasteiger partial charge in [0.2, 0.25) is 5.91 Å². The predicted molar refractivity (Wildman–Crippen MR) is 81.5 cm³/mol. The molecule has 0 bridgehead atoms. The molecule has 1 heterocycles. The first-order valence-corrected chi connectivity index (χ1v) is 7.67. The number of alkyl halides is 3. The van der Waals surface area contributed by atoms with Gasteiger partial charge >= 0.3 is 6.18 Å². The van der Waals surface area contributed by atoms with E-state index in [9.17, 15) is 18.0 Å². The van der Waals surface area contributed by atoms with E-state index in [1.54, 1.807) is 6.92 Å². The van der Waals surface area contributed by atoms with Crippen molar-refractivity contribution in [1.29, 1.82) is 0 Å². The van der Waals surface area contributed by atoms with E-state index in [0.717, 1.165) is 30.7 Å². The Labute approximate surface area is 133 Å². The molecule has 2 atom stereocenters. The van der Waals surface area contributed by atoms with Crippen LogP contribution in [-0.4, -0.2) is 36.0 Å². The molecule has 1 aliphatic heterocycles. The van der Waals surface area contributed by atoms with Gasteiger partial charge in [0.25, 0.3) is 0 Å². The Kier molecular flexibility index (Phi) is 5.64. The highest BCUT2D eigenvalue weighted by molar-refractivity contribution is 5.76. The zero-order valence-corrected chi connectivity index (χ0v) is 13.1. The summed E-state index contributed by atoms with van der Waals surface area (Å²) in [4.78, 5) is 13.8. The lowest BCUT2D eigenvalue weighted by Crippen LogP contribution is -2.39. The molecule has 128 valence electrons. The second kappa shape index (κ2) is 7.31. The summed E-state index contributed by atoms with van der Waals surface area (Å²) in [6.07, 6.45) is -3.16. The summed E-state index contributed by atoms with van der Waals surface area (Å²) in [7, 11) is 0. The van der Waals surface area contributed by atoms with Crippen LogP contribution < -0.4 is 11.1 Å². The van der Waals surface area contributed by atoms with Crippen LogP contribution in [0.4, 0.5) is 13.2 Å². The maximum absolute atomic E-state index is 12.5. The molecular weight excluding hydrogens is 307 g/mol. The minimum atomic E-state index is -4.30. The number of nitrogens with one attached hydrogen (secondary N) is 1. The van der Waals surface area contributed by atoms with Gasteiger partial charge in [0.1, 0.15) is 0 Å². The SMILES string of the molecule is CC(N)CC(=O)NC1CCN(Cc2ccc(C(F)(F)F)cc2)C1. The van der Waals surface area contributed by atoms with Crippen LogP contribution in [0.3, 0.4) is 0 Å². The van der Waals surface area contributed by atoms with E-state index in [-0.39, 0.29) is 18.0 Å². The average Bonchev–Trinajstić information content (AvgIpc) is 2.84. The maximum atomic E-state index is 12.5. The summed E-state index contributed by atoms with van der Waals surface area (Å²) in [5, 5.41) is 2.95. The number of rotatable bonds is 5. The fraction of sp³-hybridized carbons (Fsp3) is 0.562. The van der Waals surface area contributed by atoms with Crippen LogP contribution in [0, 0.1) is 0 Å². The van der Waals surface area contributed by atoms with Crippen molar-refractivity contribution in [1.82, 2.24) is 10.2 Å². The van der Waals surface area contributed by atoms with E-state index < -0.39 is 11.7 Å². The van der Waals surface area contributed by atoms with Crippen molar-refractivity contribution in [3.05, 3.63) is 35.4 Å².